The first-order valence-corrected chi connectivity index (χ1v) is 11.4. The van der Waals surface area contributed by atoms with Gasteiger partial charge in [0, 0.05) is 16.3 Å². The molecule has 1 atom stereocenters. The molecule has 0 saturated heterocycles. The fourth-order valence-electron chi connectivity index (χ4n) is 3.21. The Balaban J connectivity index is 1.66. The topological polar surface area (TPSA) is 111 Å². The lowest BCUT2D eigenvalue weighted by Gasteiger charge is -2.28. The molecule has 3 aromatic rings. The van der Waals surface area contributed by atoms with Gasteiger partial charge in [-0.2, -0.15) is 4.68 Å². The van der Waals surface area contributed by atoms with E-state index in [2.05, 4.69) is 26.2 Å². The number of aryl methyl sites for hydroxylation is 1. The average Bonchev–Trinajstić information content (AvgIpc) is 3.44. The molecule has 3 heterocycles. The summed E-state index contributed by atoms with van der Waals surface area (Å²) in [4.78, 5) is 26.0. The predicted octanol–water partition coefficient (Wildman–Crippen LogP) is 3.00. The van der Waals surface area contributed by atoms with Crippen LogP contribution in [0.2, 0.25) is 0 Å². The van der Waals surface area contributed by atoms with Crippen molar-refractivity contribution in [3.8, 4) is 5.69 Å². The van der Waals surface area contributed by atoms with Crippen LogP contribution in [0.25, 0.3) is 5.69 Å². The molecular formula is C20H20N6O3S2. The first-order chi connectivity index (χ1) is 15.1. The Hall–Kier alpha value is -3.18. The van der Waals surface area contributed by atoms with E-state index in [0.717, 1.165) is 16.1 Å². The number of benzene rings is 1. The van der Waals surface area contributed by atoms with Crippen molar-refractivity contribution in [2.75, 3.05) is 12.4 Å². The molecule has 4 rings (SSSR count). The maximum Gasteiger partial charge on any atom is 0.338 e. The summed E-state index contributed by atoms with van der Waals surface area (Å²) in [6.45, 7) is 3.96. The molecule has 0 radical (unpaired) electrons. The number of thioether (sulfide) groups is 1. The van der Waals surface area contributed by atoms with Gasteiger partial charge in [0.15, 0.2) is 0 Å². The standard InChI is InChI=1S/C20H20N6O3S2/c1-3-29-18(27)16-13(21-19(28)22-17(16)15-9-6-10-30-15)11-31-20-23-24-25-26(20)14-8-5-4-7-12(14)2/h4-10,17H,3,11H2,1-2H3,(H2,21,22,28)/t17-/m1/s1. The lowest BCUT2D eigenvalue weighted by molar-refractivity contribution is -0.139. The minimum atomic E-state index is -0.573. The van der Waals surface area contributed by atoms with Crippen LogP contribution in [0.15, 0.2) is 58.2 Å². The maximum atomic E-state index is 12.8. The number of para-hydroxylation sites is 1. The Labute approximate surface area is 186 Å². The molecule has 0 bridgehead atoms. The zero-order valence-corrected chi connectivity index (χ0v) is 18.5. The highest BCUT2D eigenvalue weighted by atomic mass is 32.2. The second-order valence-electron chi connectivity index (χ2n) is 6.61. The zero-order chi connectivity index (χ0) is 21.8. The Bertz CT molecular complexity index is 1130. The van der Waals surface area contributed by atoms with Crippen molar-refractivity contribution in [3.63, 3.8) is 0 Å². The van der Waals surface area contributed by atoms with Crippen molar-refractivity contribution in [2.24, 2.45) is 0 Å². The fourth-order valence-corrected chi connectivity index (χ4v) is 4.85. The van der Waals surface area contributed by atoms with Gasteiger partial charge in [-0.1, -0.05) is 36.0 Å². The Kier molecular flexibility index (Phi) is 6.33. The van der Waals surface area contributed by atoms with Gasteiger partial charge in [0.2, 0.25) is 5.16 Å². The number of thiophene rings is 1. The molecule has 31 heavy (non-hydrogen) atoms. The number of nitrogens with one attached hydrogen (secondary N) is 2. The van der Waals surface area contributed by atoms with Crippen LogP contribution in [0, 0.1) is 6.92 Å². The maximum absolute atomic E-state index is 12.8. The molecule has 0 aliphatic carbocycles. The van der Waals surface area contributed by atoms with Crippen LogP contribution in [0.1, 0.15) is 23.4 Å². The number of ether oxygens (including phenoxy) is 1. The van der Waals surface area contributed by atoms with Crippen molar-refractivity contribution in [1.82, 2.24) is 30.8 Å². The summed E-state index contributed by atoms with van der Waals surface area (Å²) in [5, 5.41) is 20.0. The van der Waals surface area contributed by atoms with Gasteiger partial charge in [0.05, 0.1) is 23.9 Å². The Morgan fingerprint density at radius 2 is 2.13 bits per heavy atom. The SMILES string of the molecule is CCOC(=O)C1=C(CSc2nnnn2-c2ccccc2C)NC(=O)N[C@@H]1c1cccs1. The molecule has 1 aliphatic rings. The molecule has 160 valence electrons. The third-order valence-corrected chi connectivity index (χ3v) is 6.49. The van der Waals surface area contributed by atoms with E-state index in [1.54, 1.807) is 11.6 Å². The van der Waals surface area contributed by atoms with Crippen LogP contribution in [0.3, 0.4) is 0 Å². The number of aromatic nitrogens is 4. The van der Waals surface area contributed by atoms with Crippen molar-refractivity contribution >= 4 is 35.1 Å². The Morgan fingerprint density at radius 1 is 1.29 bits per heavy atom. The number of carbonyl (C=O) groups excluding carboxylic acids is 2. The number of esters is 1. The van der Waals surface area contributed by atoms with Crippen molar-refractivity contribution in [2.45, 2.75) is 25.0 Å². The lowest BCUT2D eigenvalue weighted by atomic mass is 10.0. The molecule has 9 nitrogen and oxygen atoms in total. The highest BCUT2D eigenvalue weighted by molar-refractivity contribution is 7.99. The fraction of sp³-hybridized carbons (Fsp3) is 0.250. The highest BCUT2D eigenvalue weighted by Gasteiger charge is 2.34. The molecule has 2 aromatic heterocycles. The first-order valence-electron chi connectivity index (χ1n) is 9.56. The van der Waals surface area contributed by atoms with E-state index in [4.69, 9.17) is 4.74 Å². The van der Waals surface area contributed by atoms with Gasteiger partial charge in [-0.05, 0) is 47.4 Å². The molecule has 2 N–H and O–H groups in total. The number of tetrazole rings is 1. The van der Waals surface area contributed by atoms with Crippen LogP contribution in [0.5, 0.6) is 0 Å². The van der Waals surface area contributed by atoms with Crippen molar-refractivity contribution in [3.05, 3.63) is 63.5 Å². The monoisotopic (exact) mass is 456 g/mol. The average molecular weight is 457 g/mol. The summed E-state index contributed by atoms with van der Waals surface area (Å²) >= 11 is 2.79. The molecular weight excluding hydrogens is 436 g/mol. The number of hydrogen-bond acceptors (Lipinski definition) is 8. The first kappa shape index (κ1) is 21.1. The molecule has 0 saturated carbocycles. The van der Waals surface area contributed by atoms with Crippen LogP contribution in [-0.2, 0) is 9.53 Å². The number of carbonyl (C=O) groups is 2. The number of rotatable bonds is 7. The molecule has 0 fully saturated rings. The molecule has 2 amide bonds. The summed E-state index contributed by atoms with van der Waals surface area (Å²) in [5.41, 5.74) is 2.74. The van der Waals surface area contributed by atoms with Crippen molar-refractivity contribution < 1.29 is 14.3 Å². The molecule has 1 aromatic carbocycles. The second kappa shape index (κ2) is 9.31. The summed E-state index contributed by atoms with van der Waals surface area (Å²) < 4.78 is 6.93. The summed E-state index contributed by atoms with van der Waals surface area (Å²) in [6, 6.07) is 10.6. The quantitative estimate of drug-likeness (QED) is 0.415. The normalized spacial score (nSPS) is 16.1. The highest BCUT2D eigenvalue weighted by Crippen LogP contribution is 2.32. The van der Waals surface area contributed by atoms with E-state index in [0.29, 0.717) is 16.4 Å². The smallest absolute Gasteiger partial charge is 0.338 e. The number of urea groups is 1. The van der Waals surface area contributed by atoms with Gasteiger partial charge in [-0.3, -0.25) is 0 Å². The van der Waals surface area contributed by atoms with Gasteiger partial charge in [-0.25, -0.2) is 9.59 Å². The number of nitrogens with zero attached hydrogens (tertiary/aromatic N) is 4. The predicted molar refractivity (Wildman–Crippen MR) is 117 cm³/mol. The van der Waals surface area contributed by atoms with Gasteiger partial charge in [0.25, 0.3) is 0 Å². The van der Waals surface area contributed by atoms with Crippen LogP contribution in [-0.4, -0.2) is 44.6 Å². The van der Waals surface area contributed by atoms with Crippen LogP contribution < -0.4 is 10.6 Å². The van der Waals surface area contributed by atoms with Gasteiger partial charge in [-0.15, -0.1) is 16.4 Å². The Morgan fingerprint density at radius 3 is 2.87 bits per heavy atom. The van der Waals surface area contributed by atoms with Gasteiger partial charge < -0.3 is 15.4 Å². The third kappa shape index (κ3) is 4.47. The minimum absolute atomic E-state index is 0.236. The number of amides is 2. The van der Waals surface area contributed by atoms with E-state index >= 15 is 0 Å². The lowest BCUT2D eigenvalue weighted by Crippen LogP contribution is -2.46. The van der Waals surface area contributed by atoms with E-state index in [1.165, 1.54) is 23.1 Å². The molecule has 0 spiro atoms. The van der Waals surface area contributed by atoms with Crippen LogP contribution in [0.4, 0.5) is 4.79 Å². The molecule has 0 unspecified atom stereocenters. The van der Waals surface area contributed by atoms with E-state index in [9.17, 15) is 9.59 Å². The summed E-state index contributed by atoms with van der Waals surface area (Å²) in [5.74, 6) is -0.183. The second-order valence-corrected chi connectivity index (χ2v) is 8.53. The minimum Gasteiger partial charge on any atom is -0.463 e. The van der Waals surface area contributed by atoms with E-state index < -0.39 is 12.0 Å². The van der Waals surface area contributed by atoms with Crippen LogP contribution >= 0.6 is 23.1 Å². The summed E-state index contributed by atoms with van der Waals surface area (Å²) in [6.07, 6.45) is 0. The van der Waals surface area contributed by atoms with Gasteiger partial charge >= 0.3 is 12.0 Å². The molecule has 11 heteroatoms. The van der Waals surface area contributed by atoms with Crippen molar-refractivity contribution in [1.29, 1.82) is 0 Å². The van der Waals surface area contributed by atoms with E-state index in [-0.39, 0.29) is 18.4 Å². The number of hydrogen-bond donors (Lipinski definition) is 2. The van der Waals surface area contributed by atoms with Gasteiger partial charge in [0.1, 0.15) is 0 Å². The van der Waals surface area contributed by atoms with E-state index in [1.807, 2.05) is 48.7 Å². The zero-order valence-electron chi connectivity index (χ0n) is 16.9. The third-order valence-electron chi connectivity index (χ3n) is 4.61. The largest absolute Gasteiger partial charge is 0.463 e. The molecule has 1 aliphatic heterocycles. The summed E-state index contributed by atoms with van der Waals surface area (Å²) in [7, 11) is 0.